The average molecular weight is 350 g/mol. The van der Waals surface area contributed by atoms with Gasteiger partial charge in [0.05, 0.1) is 24.0 Å². The first-order chi connectivity index (χ1) is 10.2. The molecule has 1 aliphatic rings. The molecular formula is C16H20BrN3O. The maximum Gasteiger partial charge on any atom is 0.136 e. The molecule has 112 valence electrons. The summed E-state index contributed by atoms with van der Waals surface area (Å²) in [6, 6.07) is 10.7. The van der Waals surface area contributed by atoms with Crippen LogP contribution in [0.25, 0.3) is 5.69 Å². The van der Waals surface area contributed by atoms with E-state index in [4.69, 9.17) is 9.84 Å². The zero-order valence-electron chi connectivity index (χ0n) is 12.4. The first kappa shape index (κ1) is 14.6. The fraction of sp³-hybridized carbons (Fsp3) is 0.438. The topological polar surface area (TPSA) is 30.3 Å². The Morgan fingerprint density at radius 1 is 1.38 bits per heavy atom. The van der Waals surface area contributed by atoms with E-state index in [9.17, 15) is 0 Å². The Balaban J connectivity index is 2.08. The summed E-state index contributed by atoms with van der Waals surface area (Å²) in [4.78, 5) is 2.32. The number of para-hydroxylation sites is 1. The van der Waals surface area contributed by atoms with Gasteiger partial charge in [-0.25, -0.2) is 4.68 Å². The standard InChI is InChI=1S/C16H20BrN3O/c1-12-15(10-17)16(19(2)14-8-9-21-11-14)20(18-12)13-6-4-3-5-7-13/h3-7,14H,8-11H2,1-2H3. The van der Waals surface area contributed by atoms with Gasteiger partial charge < -0.3 is 9.64 Å². The fourth-order valence-electron chi connectivity index (χ4n) is 2.82. The fourth-order valence-corrected chi connectivity index (χ4v) is 3.47. The zero-order chi connectivity index (χ0) is 14.8. The molecule has 1 saturated heterocycles. The lowest BCUT2D eigenvalue weighted by Crippen LogP contribution is -2.34. The molecule has 1 unspecified atom stereocenters. The Hall–Kier alpha value is -1.33. The minimum atomic E-state index is 0.418. The number of alkyl halides is 1. The number of hydrogen-bond acceptors (Lipinski definition) is 3. The molecule has 1 aliphatic heterocycles. The van der Waals surface area contributed by atoms with Gasteiger partial charge in [0, 0.05) is 24.5 Å². The number of halogens is 1. The predicted octanol–water partition coefficient (Wildman–Crippen LogP) is 3.30. The third kappa shape index (κ3) is 2.72. The van der Waals surface area contributed by atoms with Crippen LogP contribution in [0.15, 0.2) is 30.3 Å². The number of anilines is 1. The van der Waals surface area contributed by atoms with Crippen LogP contribution in [0, 0.1) is 6.92 Å². The van der Waals surface area contributed by atoms with Crippen molar-refractivity contribution in [2.24, 2.45) is 0 Å². The minimum Gasteiger partial charge on any atom is -0.379 e. The number of nitrogens with zero attached hydrogens (tertiary/aromatic N) is 3. The molecule has 2 heterocycles. The zero-order valence-corrected chi connectivity index (χ0v) is 14.0. The smallest absolute Gasteiger partial charge is 0.136 e. The quantitative estimate of drug-likeness (QED) is 0.793. The van der Waals surface area contributed by atoms with E-state index >= 15 is 0 Å². The molecule has 0 aliphatic carbocycles. The number of benzene rings is 1. The highest BCUT2D eigenvalue weighted by Gasteiger charge is 2.26. The molecule has 0 N–H and O–H groups in total. The van der Waals surface area contributed by atoms with E-state index in [2.05, 4.69) is 46.9 Å². The average Bonchev–Trinajstić information content (AvgIpc) is 3.15. The van der Waals surface area contributed by atoms with Gasteiger partial charge in [-0.3, -0.25) is 0 Å². The Labute approximate surface area is 133 Å². The number of hydrogen-bond donors (Lipinski definition) is 0. The van der Waals surface area contributed by atoms with Crippen LogP contribution in [0.3, 0.4) is 0 Å². The van der Waals surface area contributed by atoms with Crippen molar-refractivity contribution < 1.29 is 4.74 Å². The summed E-state index contributed by atoms with van der Waals surface area (Å²) in [6.45, 7) is 3.70. The van der Waals surface area contributed by atoms with Crippen LogP contribution < -0.4 is 4.90 Å². The summed E-state index contributed by atoms with van der Waals surface area (Å²) in [5.74, 6) is 1.16. The number of ether oxygens (including phenoxy) is 1. The molecule has 0 bridgehead atoms. The molecule has 5 heteroatoms. The van der Waals surface area contributed by atoms with Gasteiger partial charge in [0.1, 0.15) is 5.82 Å². The molecule has 3 rings (SSSR count). The van der Waals surface area contributed by atoms with Gasteiger partial charge in [0.2, 0.25) is 0 Å². The molecule has 21 heavy (non-hydrogen) atoms. The first-order valence-corrected chi connectivity index (χ1v) is 8.35. The molecule has 1 aromatic heterocycles. The van der Waals surface area contributed by atoms with E-state index in [-0.39, 0.29) is 0 Å². The van der Waals surface area contributed by atoms with Crippen molar-refractivity contribution in [1.82, 2.24) is 9.78 Å². The molecular weight excluding hydrogens is 330 g/mol. The van der Waals surface area contributed by atoms with E-state index in [1.165, 1.54) is 5.56 Å². The van der Waals surface area contributed by atoms with Crippen molar-refractivity contribution in [3.8, 4) is 5.69 Å². The second-order valence-electron chi connectivity index (χ2n) is 5.40. The van der Waals surface area contributed by atoms with Gasteiger partial charge in [-0.1, -0.05) is 34.1 Å². The highest BCUT2D eigenvalue weighted by molar-refractivity contribution is 9.08. The van der Waals surface area contributed by atoms with Crippen LogP contribution >= 0.6 is 15.9 Å². The van der Waals surface area contributed by atoms with Gasteiger partial charge in [0.15, 0.2) is 0 Å². The molecule has 1 atom stereocenters. The molecule has 1 aromatic carbocycles. The largest absolute Gasteiger partial charge is 0.379 e. The summed E-state index contributed by atoms with van der Waals surface area (Å²) in [7, 11) is 2.14. The van der Waals surface area contributed by atoms with E-state index in [0.29, 0.717) is 6.04 Å². The summed E-state index contributed by atoms with van der Waals surface area (Å²) >= 11 is 3.61. The molecule has 0 radical (unpaired) electrons. The van der Waals surface area contributed by atoms with Gasteiger partial charge in [0.25, 0.3) is 0 Å². The van der Waals surface area contributed by atoms with Crippen LogP contribution in [0.4, 0.5) is 5.82 Å². The van der Waals surface area contributed by atoms with Crippen molar-refractivity contribution >= 4 is 21.7 Å². The normalized spacial score (nSPS) is 18.1. The second-order valence-corrected chi connectivity index (χ2v) is 5.96. The monoisotopic (exact) mass is 349 g/mol. The Morgan fingerprint density at radius 3 is 2.76 bits per heavy atom. The highest BCUT2D eigenvalue weighted by Crippen LogP contribution is 2.31. The van der Waals surface area contributed by atoms with Crippen molar-refractivity contribution in [2.75, 3.05) is 25.2 Å². The van der Waals surface area contributed by atoms with Crippen LogP contribution in [0.5, 0.6) is 0 Å². The Bertz CT molecular complexity index is 605. The Kier molecular flexibility index (Phi) is 4.31. The third-order valence-electron chi connectivity index (χ3n) is 4.08. The minimum absolute atomic E-state index is 0.418. The maximum absolute atomic E-state index is 5.54. The summed E-state index contributed by atoms with van der Waals surface area (Å²) in [5.41, 5.74) is 3.40. The molecule has 1 fully saturated rings. The first-order valence-electron chi connectivity index (χ1n) is 7.23. The number of aromatic nitrogens is 2. The van der Waals surface area contributed by atoms with Gasteiger partial charge >= 0.3 is 0 Å². The summed E-state index contributed by atoms with van der Waals surface area (Å²) in [6.07, 6.45) is 1.07. The number of aryl methyl sites for hydroxylation is 1. The predicted molar refractivity (Wildman–Crippen MR) is 88.6 cm³/mol. The van der Waals surface area contributed by atoms with Crippen LogP contribution in [-0.2, 0) is 10.1 Å². The van der Waals surface area contributed by atoms with E-state index in [1.807, 2.05) is 22.9 Å². The van der Waals surface area contributed by atoms with Crippen LogP contribution in [-0.4, -0.2) is 36.1 Å². The van der Waals surface area contributed by atoms with Gasteiger partial charge in [-0.15, -0.1) is 0 Å². The molecule has 0 spiro atoms. The van der Waals surface area contributed by atoms with Gasteiger partial charge in [-0.2, -0.15) is 5.10 Å². The maximum atomic E-state index is 5.54. The van der Waals surface area contributed by atoms with Crippen LogP contribution in [0.1, 0.15) is 17.7 Å². The van der Waals surface area contributed by atoms with Crippen molar-refractivity contribution in [2.45, 2.75) is 24.7 Å². The van der Waals surface area contributed by atoms with Crippen molar-refractivity contribution in [3.63, 3.8) is 0 Å². The second kappa shape index (κ2) is 6.20. The highest BCUT2D eigenvalue weighted by atomic mass is 79.9. The molecule has 0 amide bonds. The number of likely N-dealkylation sites (N-methyl/N-ethyl adjacent to an activating group) is 1. The SMILES string of the molecule is Cc1nn(-c2ccccc2)c(N(C)C2CCOC2)c1CBr. The third-order valence-corrected chi connectivity index (χ3v) is 4.64. The van der Waals surface area contributed by atoms with Crippen molar-refractivity contribution in [3.05, 3.63) is 41.6 Å². The Morgan fingerprint density at radius 2 is 2.14 bits per heavy atom. The van der Waals surface area contributed by atoms with Crippen LogP contribution in [0.2, 0.25) is 0 Å². The van der Waals surface area contributed by atoms with E-state index in [0.717, 1.165) is 42.2 Å². The van der Waals surface area contributed by atoms with E-state index in [1.54, 1.807) is 0 Å². The molecule has 0 saturated carbocycles. The lowest BCUT2D eigenvalue weighted by molar-refractivity contribution is 0.193. The molecule has 2 aromatic rings. The lowest BCUT2D eigenvalue weighted by Gasteiger charge is -2.27. The lowest BCUT2D eigenvalue weighted by atomic mass is 10.2. The van der Waals surface area contributed by atoms with E-state index < -0.39 is 0 Å². The number of rotatable bonds is 4. The summed E-state index contributed by atoms with van der Waals surface area (Å²) < 4.78 is 7.59. The molecule has 4 nitrogen and oxygen atoms in total. The van der Waals surface area contributed by atoms with Crippen molar-refractivity contribution in [1.29, 1.82) is 0 Å². The summed E-state index contributed by atoms with van der Waals surface area (Å²) in [5, 5.41) is 5.55. The van der Waals surface area contributed by atoms with Gasteiger partial charge in [-0.05, 0) is 25.5 Å².